The maximum atomic E-state index is 12.2. The lowest BCUT2D eigenvalue weighted by Crippen LogP contribution is -2.50. The third-order valence-corrected chi connectivity index (χ3v) is 13.5. The Hall–Kier alpha value is -2.18. The zero-order valence-corrected chi connectivity index (χ0v) is 30.3. The molecule has 47 heavy (non-hydrogen) atoms. The Morgan fingerprint density at radius 3 is 2.15 bits per heavy atom. The molecule has 0 amide bonds. The number of hydrogen-bond donors (Lipinski definition) is 2. The Morgan fingerprint density at radius 2 is 1.55 bits per heavy atom. The molecule has 0 aromatic rings. The van der Waals surface area contributed by atoms with Crippen LogP contribution in [0.3, 0.4) is 0 Å². The first-order valence-electron chi connectivity index (χ1n) is 18.5. The van der Waals surface area contributed by atoms with Gasteiger partial charge in [-0.2, -0.15) is 0 Å². The minimum Gasteiger partial charge on any atom is -0.462 e. The fourth-order valence-electron chi connectivity index (χ4n) is 10.0. The number of carbonyl (C=O) groups excluding carboxylic acids is 2. The molecule has 0 aromatic carbocycles. The third-order valence-electron chi connectivity index (χ3n) is 13.5. The van der Waals surface area contributed by atoms with Crippen molar-refractivity contribution in [3.8, 4) is 0 Å². The van der Waals surface area contributed by atoms with E-state index in [1.807, 2.05) is 0 Å². The van der Waals surface area contributed by atoms with Crippen LogP contribution >= 0.6 is 0 Å². The summed E-state index contributed by atoms with van der Waals surface area (Å²) in [5.41, 5.74) is 2.40. The zero-order valence-electron chi connectivity index (χ0n) is 30.3. The number of carbonyl (C=O) groups is 2. The molecular weight excluding hydrogens is 588 g/mol. The Labute approximate surface area is 285 Å². The van der Waals surface area contributed by atoms with E-state index in [1.54, 1.807) is 5.57 Å². The maximum absolute atomic E-state index is 12.2. The summed E-state index contributed by atoms with van der Waals surface area (Å²) in [6.45, 7) is 21.0. The van der Waals surface area contributed by atoms with Gasteiger partial charge in [0.05, 0.1) is 37.6 Å². The van der Waals surface area contributed by atoms with Gasteiger partial charge in [-0.15, -0.1) is 0 Å². The van der Waals surface area contributed by atoms with Gasteiger partial charge in [-0.05, 0) is 122 Å². The highest BCUT2D eigenvalue weighted by molar-refractivity contribution is 5.88. The van der Waals surface area contributed by atoms with E-state index in [4.69, 9.17) is 9.47 Å². The molecule has 0 heterocycles. The Balaban J connectivity index is 1.38. The SMILES string of the molecule is C=C(CO)C(=O)OCC(CC[C@H]1CC[C@@]2(C)C(=CC[C@@H]3C2CC[C@@]2(C)C3CC[C@@H]2[C@H](C)/C=C/[C@H](C)C(C)C)C1)COC(=O)C(=C)CO. The average Bonchev–Trinajstić information content (AvgIpc) is 3.42. The minimum absolute atomic E-state index is 0.00211. The van der Waals surface area contributed by atoms with Crippen LogP contribution in [0.1, 0.15) is 106 Å². The van der Waals surface area contributed by atoms with E-state index in [9.17, 15) is 19.8 Å². The van der Waals surface area contributed by atoms with E-state index in [2.05, 4.69) is 72.9 Å². The van der Waals surface area contributed by atoms with Crippen molar-refractivity contribution in [2.24, 2.45) is 64.1 Å². The first-order chi connectivity index (χ1) is 22.2. The lowest BCUT2D eigenvalue weighted by molar-refractivity contribution is -0.144. The van der Waals surface area contributed by atoms with Gasteiger partial charge in [0.25, 0.3) is 0 Å². The van der Waals surface area contributed by atoms with Gasteiger partial charge in [0.2, 0.25) is 0 Å². The highest BCUT2D eigenvalue weighted by Crippen LogP contribution is 2.67. The molecule has 4 aliphatic carbocycles. The molecule has 0 aliphatic heterocycles. The number of rotatable bonds is 15. The quantitative estimate of drug-likeness (QED) is 0.105. The summed E-state index contributed by atoms with van der Waals surface area (Å²) >= 11 is 0. The van der Waals surface area contributed by atoms with Crippen molar-refractivity contribution in [2.75, 3.05) is 26.4 Å². The Bertz CT molecular complexity index is 1170. The fourth-order valence-corrected chi connectivity index (χ4v) is 10.0. The standard InChI is InChI=1S/C41H64O6/c1-26(2)27(3)9-10-28(4)35-15-16-36-34-14-13-33-21-31(17-19-40(33,7)37(34)18-20-41(35,36)8)11-12-32(24-46-38(44)29(5)22-42)25-47-39(45)30(6)23-43/h9-10,13,26-28,31-32,34-37,42-43H,5-6,11-12,14-25H2,1-4,7-8H3/b10-9+/t27-,28+,31-,34-,35+,36?,37?,40-,41+/m0/s1. The molecule has 6 nitrogen and oxygen atoms in total. The molecule has 0 bridgehead atoms. The van der Waals surface area contributed by atoms with Gasteiger partial charge in [-0.25, -0.2) is 9.59 Å². The smallest absolute Gasteiger partial charge is 0.335 e. The lowest BCUT2D eigenvalue weighted by Gasteiger charge is -2.58. The molecule has 0 spiro atoms. The second kappa shape index (κ2) is 16.0. The number of esters is 2. The van der Waals surface area contributed by atoms with Crippen molar-refractivity contribution in [3.05, 3.63) is 48.1 Å². The molecule has 0 aromatic heterocycles. The second-order valence-electron chi connectivity index (χ2n) is 16.6. The number of aliphatic hydroxyl groups is 2. The van der Waals surface area contributed by atoms with Crippen molar-refractivity contribution in [2.45, 2.75) is 106 Å². The average molecular weight is 653 g/mol. The van der Waals surface area contributed by atoms with Crippen LogP contribution < -0.4 is 0 Å². The summed E-state index contributed by atoms with van der Waals surface area (Å²) in [5.74, 6) is 4.23. The summed E-state index contributed by atoms with van der Waals surface area (Å²) in [5, 5.41) is 18.5. The van der Waals surface area contributed by atoms with Crippen molar-refractivity contribution in [1.29, 1.82) is 0 Å². The normalized spacial score (nSPS) is 33.1. The van der Waals surface area contributed by atoms with Gasteiger partial charge < -0.3 is 19.7 Å². The molecule has 2 unspecified atom stereocenters. The van der Waals surface area contributed by atoms with Gasteiger partial charge in [-0.1, -0.05) is 78.5 Å². The topological polar surface area (TPSA) is 93.1 Å². The summed E-state index contributed by atoms with van der Waals surface area (Å²) in [6.07, 6.45) is 19.6. The molecule has 264 valence electrons. The summed E-state index contributed by atoms with van der Waals surface area (Å²) in [6, 6.07) is 0. The molecule has 4 aliphatic rings. The van der Waals surface area contributed by atoms with E-state index in [0.717, 1.165) is 42.9 Å². The summed E-state index contributed by atoms with van der Waals surface area (Å²) in [4.78, 5) is 24.3. The minimum atomic E-state index is -0.636. The molecule has 2 N–H and O–H groups in total. The van der Waals surface area contributed by atoms with Crippen LogP contribution in [-0.4, -0.2) is 48.6 Å². The number of hydrogen-bond acceptors (Lipinski definition) is 6. The third kappa shape index (κ3) is 8.35. The molecular formula is C41H64O6. The molecule has 9 atom stereocenters. The van der Waals surface area contributed by atoms with E-state index in [-0.39, 0.29) is 35.7 Å². The molecule has 6 heteroatoms. The predicted molar refractivity (Wildman–Crippen MR) is 188 cm³/mol. The fraction of sp³-hybridized carbons (Fsp3) is 0.756. The van der Waals surface area contributed by atoms with Crippen molar-refractivity contribution in [3.63, 3.8) is 0 Å². The molecule has 3 fully saturated rings. The van der Waals surface area contributed by atoms with E-state index >= 15 is 0 Å². The van der Waals surface area contributed by atoms with Crippen LogP contribution in [0, 0.1) is 64.1 Å². The Kier molecular flexibility index (Phi) is 12.8. The monoisotopic (exact) mass is 652 g/mol. The van der Waals surface area contributed by atoms with Crippen LogP contribution in [-0.2, 0) is 19.1 Å². The first kappa shape index (κ1) is 37.6. The van der Waals surface area contributed by atoms with Gasteiger partial charge in [0.15, 0.2) is 0 Å². The number of allylic oxidation sites excluding steroid dienone is 4. The maximum Gasteiger partial charge on any atom is 0.335 e. The van der Waals surface area contributed by atoms with Gasteiger partial charge in [0, 0.05) is 5.92 Å². The number of ether oxygens (including phenoxy) is 2. The van der Waals surface area contributed by atoms with E-state index < -0.39 is 25.2 Å². The van der Waals surface area contributed by atoms with Crippen molar-refractivity contribution in [1.82, 2.24) is 0 Å². The largest absolute Gasteiger partial charge is 0.462 e. The summed E-state index contributed by atoms with van der Waals surface area (Å²) < 4.78 is 10.8. The van der Waals surface area contributed by atoms with Crippen molar-refractivity contribution < 1.29 is 29.3 Å². The first-order valence-corrected chi connectivity index (χ1v) is 18.5. The van der Waals surface area contributed by atoms with Crippen LogP contribution in [0.25, 0.3) is 0 Å². The lowest BCUT2D eigenvalue weighted by atomic mass is 9.46. The van der Waals surface area contributed by atoms with Crippen molar-refractivity contribution >= 4 is 11.9 Å². The number of aliphatic hydroxyl groups excluding tert-OH is 2. The molecule has 0 radical (unpaired) electrons. The molecule has 3 saturated carbocycles. The number of fused-ring (bicyclic) bond motifs is 5. The highest BCUT2D eigenvalue weighted by Gasteiger charge is 2.59. The van der Waals surface area contributed by atoms with Crippen LogP contribution in [0.5, 0.6) is 0 Å². The van der Waals surface area contributed by atoms with Crippen LogP contribution in [0.2, 0.25) is 0 Å². The summed E-state index contributed by atoms with van der Waals surface area (Å²) in [7, 11) is 0. The predicted octanol–water partition coefficient (Wildman–Crippen LogP) is 8.25. The second-order valence-corrected chi connectivity index (χ2v) is 16.6. The zero-order chi connectivity index (χ0) is 34.5. The van der Waals surface area contributed by atoms with Crippen LogP contribution in [0.4, 0.5) is 0 Å². The Morgan fingerprint density at radius 1 is 0.915 bits per heavy atom. The van der Waals surface area contributed by atoms with Crippen LogP contribution in [0.15, 0.2) is 48.1 Å². The van der Waals surface area contributed by atoms with E-state index in [1.165, 1.54) is 44.9 Å². The molecule has 4 rings (SSSR count). The van der Waals surface area contributed by atoms with E-state index in [0.29, 0.717) is 29.1 Å². The highest BCUT2D eigenvalue weighted by atomic mass is 16.5. The molecule has 0 saturated heterocycles. The van der Waals surface area contributed by atoms with Gasteiger partial charge in [-0.3, -0.25) is 0 Å². The van der Waals surface area contributed by atoms with Gasteiger partial charge >= 0.3 is 11.9 Å². The van der Waals surface area contributed by atoms with Gasteiger partial charge in [0.1, 0.15) is 0 Å².